The molecule has 1 aromatic carbocycles. The van der Waals surface area contributed by atoms with Gasteiger partial charge in [0.1, 0.15) is 23.0 Å². The fourth-order valence-corrected chi connectivity index (χ4v) is 5.28. The fourth-order valence-electron chi connectivity index (χ4n) is 5.28. The summed E-state index contributed by atoms with van der Waals surface area (Å²) in [6.07, 6.45) is 6.59. The number of ether oxygens (including phenoxy) is 1. The number of rotatable bonds is 5. The highest BCUT2D eigenvalue weighted by Crippen LogP contribution is 2.41. The Morgan fingerprint density at radius 2 is 2.00 bits per heavy atom. The minimum absolute atomic E-state index is 0.565. The standard InChI is InChI=1S/C26H28N6O2/c1-13-23(14(2)34-31-13)19-10-20-18(11-22(19)33-5)24-21(27-15(3)28-26(24)29-20)9-17-12-32(4)30-25(17)16-7-6-8-16/h10-12,16H,6-9H2,1-5H3,(H,27,28,29). The minimum atomic E-state index is 0.565. The maximum atomic E-state index is 5.83. The van der Waals surface area contributed by atoms with Crippen molar-refractivity contribution in [1.29, 1.82) is 0 Å². The first-order chi connectivity index (χ1) is 16.4. The van der Waals surface area contributed by atoms with E-state index >= 15 is 0 Å². The smallest absolute Gasteiger partial charge is 0.142 e. The number of nitrogens with one attached hydrogen (secondary N) is 1. The number of aromatic nitrogens is 6. The Balaban J connectivity index is 1.55. The monoisotopic (exact) mass is 456 g/mol. The molecule has 4 aromatic heterocycles. The van der Waals surface area contributed by atoms with E-state index in [-0.39, 0.29) is 0 Å². The van der Waals surface area contributed by atoms with Crippen molar-refractivity contribution in [3.05, 3.63) is 52.6 Å². The van der Waals surface area contributed by atoms with Crippen LogP contribution in [0.3, 0.4) is 0 Å². The summed E-state index contributed by atoms with van der Waals surface area (Å²) < 4.78 is 13.2. The molecule has 1 aliphatic carbocycles. The molecular weight excluding hydrogens is 428 g/mol. The third kappa shape index (κ3) is 3.20. The van der Waals surface area contributed by atoms with Gasteiger partial charge in [-0.25, -0.2) is 9.97 Å². The zero-order valence-electron chi connectivity index (χ0n) is 20.2. The number of H-pyrrole nitrogens is 1. The van der Waals surface area contributed by atoms with Gasteiger partial charge in [-0.05, 0) is 51.3 Å². The highest BCUT2D eigenvalue weighted by Gasteiger charge is 2.26. The van der Waals surface area contributed by atoms with Crippen LogP contribution in [0.25, 0.3) is 33.1 Å². The van der Waals surface area contributed by atoms with Crippen molar-refractivity contribution in [3.63, 3.8) is 0 Å². The van der Waals surface area contributed by atoms with Crippen molar-refractivity contribution in [2.45, 2.75) is 52.4 Å². The Labute approximate surface area is 197 Å². The summed E-state index contributed by atoms with van der Waals surface area (Å²) in [6, 6.07) is 4.18. The molecule has 0 atom stereocenters. The lowest BCUT2D eigenvalue weighted by atomic mass is 9.81. The first kappa shape index (κ1) is 20.9. The minimum Gasteiger partial charge on any atom is -0.496 e. The summed E-state index contributed by atoms with van der Waals surface area (Å²) in [5, 5.41) is 11.0. The number of nitrogens with zero attached hydrogens (tertiary/aromatic N) is 5. The molecular formula is C26H28N6O2. The van der Waals surface area contributed by atoms with Crippen molar-refractivity contribution in [2.75, 3.05) is 7.11 Å². The van der Waals surface area contributed by atoms with Crippen LogP contribution in [0.1, 0.15) is 59.4 Å². The number of aryl methyl sites for hydroxylation is 4. The summed E-state index contributed by atoms with van der Waals surface area (Å²) in [4.78, 5) is 13.1. The third-order valence-corrected chi connectivity index (χ3v) is 7.05. The van der Waals surface area contributed by atoms with Crippen LogP contribution in [0.2, 0.25) is 0 Å². The zero-order chi connectivity index (χ0) is 23.6. The average molecular weight is 457 g/mol. The fraction of sp³-hybridized carbons (Fsp3) is 0.385. The van der Waals surface area contributed by atoms with Gasteiger partial charge in [0.2, 0.25) is 0 Å². The van der Waals surface area contributed by atoms with Gasteiger partial charge < -0.3 is 14.2 Å². The Hall–Kier alpha value is -3.68. The summed E-state index contributed by atoms with van der Waals surface area (Å²) in [5.74, 6) is 2.85. The molecule has 8 heteroatoms. The Morgan fingerprint density at radius 3 is 2.68 bits per heavy atom. The van der Waals surface area contributed by atoms with Crippen LogP contribution in [0.15, 0.2) is 22.9 Å². The summed E-state index contributed by atoms with van der Waals surface area (Å²) in [5.41, 5.74) is 8.04. The van der Waals surface area contributed by atoms with E-state index in [1.807, 2.05) is 32.5 Å². The molecule has 1 fully saturated rings. The first-order valence-corrected chi connectivity index (χ1v) is 11.8. The van der Waals surface area contributed by atoms with Crippen LogP contribution >= 0.6 is 0 Å². The maximum absolute atomic E-state index is 5.83. The predicted molar refractivity (Wildman–Crippen MR) is 130 cm³/mol. The van der Waals surface area contributed by atoms with Gasteiger partial charge in [-0.2, -0.15) is 5.10 Å². The SMILES string of the molecule is COc1cc2c(cc1-c1c(C)noc1C)[nH]c1nc(C)nc(Cc3cn(C)nc3C3CCC3)c12. The summed E-state index contributed by atoms with van der Waals surface area (Å²) in [6.45, 7) is 5.81. The average Bonchev–Trinajstić information content (AvgIpc) is 3.40. The summed E-state index contributed by atoms with van der Waals surface area (Å²) >= 11 is 0. The molecule has 0 radical (unpaired) electrons. The van der Waals surface area contributed by atoms with E-state index < -0.39 is 0 Å². The molecule has 0 saturated heterocycles. The molecule has 6 rings (SSSR count). The van der Waals surface area contributed by atoms with Gasteiger partial charge in [-0.15, -0.1) is 0 Å². The maximum Gasteiger partial charge on any atom is 0.142 e. The second kappa shape index (κ2) is 7.68. The molecule has 1 N–H and O–H groups in total. The van der Waals surface area contributed by atoms with Crippen LogP contribution in [0, 0.1) is 20.8 Å². The van der Waals surface area contributed by atoms with E-state index in [1.165, 1.54) is 30.5 Å². The van der Waals surface area contributed by atoms with Crippen LogP contribution < -0.4 is 4.74 Å². The Morgan fingerprint density at radius 1 is 1.18 bits per heavy atom. The quantitative estimate of drug-likeness (QED) is 0.386. The van der Waals surface area contributed by atoms with Crippen molar-refractivity contribution in [2.24, 2.45) is 7.05 Å². The molecule has 0 aliphatic heterocycles. The van der Waals surface area contributed by atoms with Crippen molar-refractivity contribution >= 4 is 21.9 Å². The molecule has 8 nitrogen and oxygen atoms in total. The number of benzene rings is 1. The van der Waals surface area contributed by atoms with Crippen LogP contribution in [-0.4, -0.2) is 37.0 Å². The lowest BCUT2D eigenvalue weighted by Gasteiger charge is -2.24. The lowest BCUT2D eigenvalue weighted by molar-refractivity contribution is 0.393. The van der Waals surface area contributed by atoms with Crippen molar-refractivity contribution in [3.8, 4) is 16.9 Å². The van der Waals surface area contributed by atoms with E-state index in [4.69, 9.17) is 24.3 Å². The van der Waals surface area contributed by atoms with Crippen LogP contribution in [0.5, 0.6) is 5.75 Å². The second-order valence-electron chi connectivity index (χ2n) is 9.38. The molecule has 1 aliphatic rings. The molecule has 4 heterocycles. The van der Waals surface area contributed by atoms with Gasteiger partial charge >= 0.3 is 0 Å². The number of methoxy groups -OCH3 is 1. The van der Waals surface area contributed by atoms with Crippen molar-refractivity contribution < 1.29 is 9.26 Å². The number of hydrogen-bond acceptors (Lipinski definition) is 6. The summed E-state index contributed by atoms with van der Waals surface area (Å²) in [7, 11) is 3.69. The second-order valence-corrected chi connectivity index (χ2v) is 9.38. The molecule has 174 valence electrons. The van der Waals surface area contributed by atoms with Gasteiger partial charge in [-0.1, -0.05) is 11.6 Å². The van der Waals surface area contributed by atoms with Crippen LogP contribution in [0.4, 0.5) is 0 Å². The van der Waals surface area contributed by atoms with Gasteiger partial charge in [-0.3, -0.25) is 4.68 Å². The third-order valence-electron chi connectivity index (χ3n) is 7.05. The van der Waals surface area contributed by atoms with E-state index in [2.05, 4.69) is 28.5 Å². The Kier molecular flexibility index (Phi) is 4.72. The molecule has 1 saturated carbocycles. The van der Waals surface area contributed by atoms with Gasteiger partial charge in [0.05, 0.1) is 29.8 Å². The van der Waals surface area contributed by atoms with E-state index in [9.17, 15) is 0 Å². The molecule has 0 amide bonds. The molecule has 0 unspecified atom stereocenters. The van der Waals surface area contributed by atoms with E-state index in [1.54, 1.807) is 7.11 Å². The normalized spacial score (nSPS) is 14.3. The van der Waals surface area contributed by atoms with Gasteiger partial charge in [0, 0.05) is 47.4 Å². The highest BCUT2D eigenvalue weighted by atomic mass is 16.5. The topological polar surface area (TPSA) is 94.7 Å². The first-order valence-electron chi connectivity index (χ1n) is 11.8. The van der Waals surface area contributed by atoms with E-state index in [0.717, 1.165) is 68.2 Å². The lowest BCUT2D eigenvalue weighted by Crippen LogP contribution is -2.12. The Bertz CT molecular complexity index is 1530. The number of aromatic amines is 1. The molecule has 34 heavy (non-hydrogen) atoms. The van der Waals surface area contributed by atoms with Gasteiger partial charge in [0.15, 0.2) is 0 Å². The van der Waals surface area contributed by atoms with Gasteiger partial charge in [0.25, 0.3) is 0 Å². The number of fused-ring (bicyclic) bond motifs is 3. The van der Waals surface area contributed by atoms with Crippen molar-refractivity contribution in [1.82, 2.24) is 29.9 Å². The zero-order valence-corrected chi connectivity index (χ0v) is 20.2. The number of hydrogen-bond donors (Lipinski definition) is 1. The highest BCUT2D eigenvalue weighted by molar-refractivity contribution is 6.09. The predicted octanol–water partition coefficient (Wildman–Crippen LogP) is 5.29. The van der Waals surface area contributed by atoms with E-state index in [0.29, 0.717) is 5.92 Å². The molecule has 0 spiro atoms. The molecule has 0 bridgehead atoms. The largest absolute Gasteiger partial charge is 0.496 e. The molecule has 5 aromatic rings. The van der Waals surface area contributed by atoms with Crippen LogP contribution in [-0.2, 0) is 13.5 Å².